The SMILES string of the molecule is COC(=O)NC1CC[C@H](C(=O)C(C)C)C1. The molecule has 2 atom stereocenters. The Morgan fingerprint density at radius 2 is 2.00 bits per heavy atom. The maximum atomic E-state index is 11.7. The first kappa shape index (κ1) is 12.0. The van der Waals surface area contributed by atoms with Crippen LogP contribution in [0.1, 0.15) is 33.1 Å². The molecule has 0 radical (unpaired) electrons. The van der Waals surface area contributed by atoms with Crippen LogP contribution in [0.15, 0.2) is 0 Å². The highest BCUT2D eigenvalue weighted by molar-refractivity contribution is 5.83. The number of rotatable bonds is 3. The second kappa shape index (κ2) is 5.14. The molecule has 1 aliphatic rings. The van der Waals surface area contributed by atoms with Crippen molar-refractivity contribution in [3.8, 4) is 0 Å². The van der Waals surface area contributed by atoms with Crippen LogP contribution in [0.2, 0.25) is 0 Å². The minimum atomic E-state index is -0.405. The number of alkyl carbamates (subject to hydrolysis) is 1. The smallest absolute Gasteiger partial charge is 0.407 e. The fraction of sp³-hybridized carbons (Fsp3) is 0.818. The van der Waals surface area contributed by atoms with Gasteiger partial charge in [-0.25, -0.2) is 4.79 Å². The summed E-state index contributed by atoms with van der Waals surface area (Å²) in [7, 11) is 1.35. The van der Waals surface area contributed by atoms with Crippen LogP contribution in [0.4, 0.5) is 4.79 Å². The topological polar surface area (TPSA) is 55.4 Å². The Kier molecular flexibility index (Phi) is 4.12. The van der Waals surface area contributed by atoms with Crippen molar-refractivity contribution >= 4 is 11.9 Å². The van der Waals surface area contributed by atoms with Crippen molar-refractivity contribution in [3.63, 3.8) is 0 Å². The Morgan fingerprint density at radius 1 is 1.33 bits per heavy atom. The number of hydrogen-bond acceptors (Lipinski definition) is 3. The number of hydrogen-bond donors (Lipinski definition) is 1. The van der Waals surface area contributed by atoms with Gasteiger partial charge in [0.15, 0.2) is 0 Å². The zero-order valence-corrected chi connectivity index (χ0v) is 9.58. The molecule has 1 amide bonds. The number of amides is 1. The molecule has 1 rings (SSSR count). The lowest BCUT2D eigenvalue weighted by Crippen LogP contribution is -2.33. The second-order valence-electron chi connectivity index (χ2n) is 4.40. The monoisotopic (exact) mass is 213 g/mol. The minimum absolute atomic E-state index is 0.0897. The van der Waals surface area contributed by atoms with Crippen LogP contribution in [0.25, 0.3) is 0 Å². The van der Waals surface area contributed by atoms with Gasteiger partial charge in [-0.1, -0.05) is 13.8 Å². The van der Waals surface area contributed by atoms with Gasteiger partial charge in [0.2, 0.25) is 0 Å². The summed E-state index contributed by atoms with van der Waals surface area (Å²) in [5.74, 6) is 0.517. The number of carbonyl (C=O) groups is 2. The Balaban J connectivity index is 2.39. The summed E-state index contributed by atoms with van der Waals surface area (Å²) in [5.41, 5.74) is 0. The molecule has 1 fully saturated rings. The van der Waals surface area contributed by atoms with Crippen LogP contribution in [-0.4, -0.2) is 25.0 Å². The Bertz CT molecular complexity index is 250. The van der Waals surface area contributed by atoms with Crippen LogP contribution in [0.3, 0.4) is 0 Å². The highest BCUT2D eigenvalue weighted by Crippen LogP contribution is 2.28. The molecule has 1 N–H and O–H groups in total. The van der Waals surface area contributed by atoms with Gasteiger partial charge in [0.25, 0.3) is 0 Å². The number of nitrogens with one attached hydrogen (secondary N) is 1. The van der Waals surface area contributed by atoms with Crippen LogP contribution >= 0.6 is 0 Å². The molecule has 0 heterocycles. The zero-order chi connectivity index (χ0) is 11.4. The van der Waals surface area contributed by atoms with Gasteiger partial charge in [0.05, 0.1) is 7.11 Å². The van der Waals surface area contributed by atoms with Gasteiger partial charge in [-0.3, -0.25) is 4.79 Å². The Labute approximate surface area is 90.4 Å². The molecular weight excluding hydrogens is 194 g/mol. The zero-order valence-electron chi connectivity index (χ0n) is 9.58. The van der Waals surface area contributed by atoms with Crippen molar-refractivity contribution < 1.29 is 14.3 Å². The van der Waals surface area contributed by atoms with Gasteiger partial charge in [0.1, 0.15) is 5.78 Å². The summed E-state index contributed by atoms with van der Waals surface area (Å²) < 4.78 is 4.52. The summed E-state index contributed by atoms with van der Waals surface area (Å²) in [5, 5.41) is 2.74. The van der Waals surface area contributed by atoms with E-state index in [0.29, 0.717) is 5.78 Å². The first-order valence-electron chi connectivity index (χ1n) is 5.42. The molecule has 0 bridgehead atoms. The summed E-state index contributed by atoms with van der Waals surface area (Å²) in [4.78, 5) is 22.7. The van der Waals surface area contributed by atoms with Crippen LogP contribution in [0.5, 0.6) is 0 Å². The van der Waals surface area contributed by atoms with Crippen LogP contribution in [0, 0.1) is 11.8 Å². The molecular formula is C11H19NO3. The van der Waals surface area contributed by atoms with Gasteiger partial charge < -0.3 is 10.1 Å². The summed E-state index contributed by atoms with van der Waals surface area (Å²) >= 11 is 0. The lowest BCUT2D eigenvalue weighted by Gasteiger charge is -2.13. The van der Waals surface area contributed by atoms with Crippen molar-refractivity contribution in [1.29, 1.82) is 0 Å². The molecule has 0 aromatic rings. The summed E-state index contributed by atoms with van der Waals surface area (Å²) in [6.07, 6.45) is 2.10. The van der Waals surface area contributed by atoms with Crippen molar-refractivity contribution in [3.05, 3.63) is 0 Å². The third-order valence-electron chi connectivity index (χ3n) is 2.91. The maximum Gasteiger partial charge on any atom is 0.407 e. The van der Waals surface area contributed by atoms with E-state index in [1.54, 1.807) is 0 Å². The lowest BCUT2D eigenvalue weighted by molar-refractivity contribution is -0.125. The molecule has 0 aromatic heterocycles. The van der Waals surface area contributed by atoms with Crippen LogP contribution < -0.4 is 5.32 Å². The van der Waals surface area contributed by atoms with Gasteiger partial charge in [-0.2, -0.15) is 0 Å². The first-order chi connectivity index (χ1) is 7.04. The van der Waals surface area contributed by atoms with Gasteiger partial charge in [-0.05, 0) is 19.3 Å². The summed E-state index contributed by atoms with van der Waals surface area (Å²) in [6.45, 7) is 3.84. The van der Waals surface area contributed by atoms with Crippen molar-refractivity contribution in [2.75, 3.05) is 7.11 Å². The predicted molar refractivity (Wildman–Crippen MR) is 56.5 cm³/mol. The molecule has 1 aliphatic carbocycles. The van der Waals surface area contributed by atoms with E-state index < -0.39 is 6.09 Å². The maximum absolute atomic E-state index is 11.7. The largest absolute Gasteiger partial charge is 0.453 e. The molecule has 0 saturated heterocycles. The third-order valence-corrected chi connectivity index (χ3v) is 2.91. The van der Waals surface area contributed by atoms with Gasteiger partial charge in [0, 0.05) is 17.9 Å². The van der Waals surface area contributed by atoms with Crippen molar-refractivity contribution in [2.45, 2.75) is 39.2 Å². The number of carbonyl (C=O) groups excluding carboxylic acids is 2. The molecule has 0 aromatic carbocycles. The Hall–Kier alpha value is -1.06. The summed E-state index contributed by atoms with van der Waals surface area (Å²) in [6, 6.07) is 0.102. The lowest BCUT2D eigenvalue weighted by atomic mass is 9.94. The molecule has 0 spiro atoms. The normalized spacial score (nSPS) is 25.3. The highest BCUT2D eigenvalue weighted by atomic mass is 16.5. The van der Waals surface area contributed by atoms with E-state index in [4.69, 9.17) is 0 Å². The highest BCUT2D eigenvalue weighted by Gasteiger charge is 2.31. The van der Waals surface area contributed by atoms with Gasteiger partial charge >= 0.3 is 6.09 Å². The average molecular weight is 213 g/mol. The van der Waals surface area contributed by atoms with E-state index in [0.717, 1.165) is 19.3 Å². The van der Waals surface area contributed by atoms with Crippen molar-refractivity contribution in [1.82, 2.24) is 5.32 Å². The third kappa shape index (κ3) is 3.22. The molecule has 86 valence electrons. The molecule has 1 unspecified atom stereocenters. The first-order valence-corrected chi connectivity index (χ1v) is 5.42. The number of ketones is 1. The molecule has 4 nitrogen and oxygen atoms in total. The van der Waals surface area contributed by atoms with E-state index in [2.05, 4.69) is 10.1 Å². The fourth-order valence-corrected chi connectivity index (χ4v) is 2.07. The van der Waals surface area contributed by atoms with Crippen LogP contribution in [-0.2, 0) is 9.53 Å². The van der Waals surface area contributed by atoms with E-state index in [1.165, 1.54) is 7.11 Å². The van der Waals surface area contributed by atoms with E-state index in [-0.39, 0.29) is 17.9 Å². The number of ether oxygens (including phenoxy) is 1. The quantitative estimate of drug-likeness (QED) is 0.776. The number of Topliss-reactive ketones (excluding diaryl/α,β-unsaturated/α-hetero) is 1. The fourth-order valence-electron chi connectivity index (χ4n) is 2.07. The van der Waals surface area contributed by atoms with E-state index in [9.17, 15) is 9.59 Å². The Morgan fingerprint density at radius 3 is 2.53 bits per heavy atom. The van der Waals surface area contributed by atoms with Gasteiger partial charge in [-0.15, -0.1) is 0 Å². The minimum Gasteiger partial charge on any atom is -0.453 e. The van der Waals surface area contributed by atoms with Crippen molar-refractivity contribution in [2.24, 2.45) is 11.8 Å². The predicted octanol–water partition coefficient (Wildman–Crippen LogP) is 1.74. The molecule has 4 heteroatoms. The standard InChI is InChI=1S/C11H19NO3/c1-7(2)10(13)8-4-5-9(6-8)12-11(14)15-3/h7-9H,4-6H2,1-3H3,(H,12,14)/t8-,9?/m0/s1. The molecule has 15 heavy (non-hydrogen) atoms. The number of methoxy groups -OCH3 is 1. The molecule has 0 aliphatic heterocycles. The molecule has 1 saturated carbocycles. The average Bonchev–Trinajstić information content (AvgIpc) is 2.64. The van der Waals surface area contributed by atoms with E-state index in [1.807, 2.05) is 13.8 Å². The second-order valence-corrected chi connectivity index (χ2v) is 4.40. The van der Waals surface area contributed by atoms with E-state index >= 15 is 0 Å².